The van der Waals surface area contributed by atoms with Gasteiger partial charge in [-0.05, 0) is 25.1 Å². The summed E-state index contributed by atoms with van der Waals surface area (Å²) < 4.78 is 51.6. The summed E-state index contributed by atoms with van der Waals surface area (Å²) >= 11 is 0. The van der Waals surface area contributed by atoms with Crippen molar-refractivity contribution in [3.63, 3.8) is 0 Å². The van der Waals surface area contributed by atoms with Crippen LogP contribution < -0.4 is 5.32 Å². The van der Waals surface area contributed by atoms with Gasteiger partial charge in [0, 0.05) is 23.7 Å². The van der Waals surface area contributed by atoms with Gasteiger partial charge in [0.05, 0.1) is 5.52 Å². The van der Waals surface area contributed by atoms with E-state index in [2.05, 4.69) is 10.3 Å². The molecule has 0 aliphatic rings. The fourth-order valence-electron chi connectivity index (χ4n) is 1.93. The van der Waals surface area contributed by atoms with Gasteiger partial charge in [0.2, 0.25) is 0 Å². The first-order valence-electron chi connectivity index (χ1n) is 5.19. The molecule has 0 saturated carbocycles. The molecule has 18 heavy (non-hydrogen) atoms. The molecule has 2 aromatic rings. The standard InChI is InChI=1S/C12H10F4N2/c1-6-10(17-2)8-5-7(13)3-4-9(8)18-11(6)12(14,15)16/h3-5H,1-2H3,(H,17,18). The molecule has 96 valence electrons. The summed E-state index contributed by atoms with van der Waals surface area (Å²) in [5, 5.41) is 3.01. The van der Waals surface area contributed by atoms with Gasteiger partial charge in [-0.1, -0.05) is 0 Å². The van der Waals surface area contributed by atoms with Crippen molar-refractivity contribution >= 4 is 16.6 Å². The molecule has 0 aliphatic heterocycles. The number of aromatic nitrogens is 1. The lowest BCUT2D eigenvalue weighted by Gasteiger charge is -2.15. The first-order chi connectivity index (χ1) is 8.34. The second-order valence-electron chi connectivity index (χ2n) is 3.87. The summed E-state index contributed by atoms with van der Waals surface area (Å²) in [6, 6.07) is 3.49. The SMILES string of the molecule is CNc1c(C)c(C(F)(F)F)nc2ccc(F)cc12. The quantitative estimate of drug-likeness (QED) is 0.788. The van der Waals surface area contributed by atoms with Gasteiger partial charge in [-0.15, -0.1) is 0 Å². The first kappa shape index (κ1) is 12.6. The van der Waals surface area contributed by atoms with Crippen molar-refractivity contribution in [1.82, 2.24) is 4.98 Å². The number of hydrogen-bond acceptors (Lipinski definition) is 2. The average Bonchev–Trinajstić information content (AvgIpc) is 2.26. The number of nitrogens with zero attached hydrogens (tertiary/aromatic N) is 1. The average molecular weight is 258 g/mol. The van der Waals surface area contributed by atoms with E-state index in [-0.39, 0.29) is 16.8 Å². The zero-order valence-electron chi connectivity index (χ0n) is 9.69. The van der Waals surface area contributed by atoms with Crippen LogP contribution in [0.5, 0.6) is 0 Å². The Morgan fingerprint density at radius 1 is 1.22 bits per heavy atom. The van der Waals surface area contributed by atoms with Gasteiger partial charge in [0.25, 0.3) is 0 Å². The van der Waals surface area contributed by atoms with Gasteiger partial charge in [-0.3, -0.25) is 0 Å². The second-order valence-corrected chi connectivity index (χ2v) is 3.87. The molecule has 6 heteroatoms. The molecule has 0 fully saturated rings. The van der Waals surface area contributed by atoms with Crippen molar-refractivity contribution in [2.45, 2.75) is 13.1 Å². The van der Waals surface area contributed by atoms with E-state index in [1.807, 2.05) is 0 Å². The maximum atomic E-state index is 13.1. The summed E-state index contributed by atoms with van der Waals surface area (Å²) in [5.74, 6) is -0.514. The predicted molar refractivity (Wildman–Crippen MR) is 61.0 cm³/mol. The number of benzene rings is 1. The van der Waals surface area contributed by atoms with Gasteiger partial charge >= 0.3 is 6.18 Å². The van der Waals surface area contributed by atoms with Crippen LogP contribution in [0, 0.1) is 12.7 Å². The highest BCUT2D eigenvalue weighted by molar-refractivity contribution is 5.93. The van der Waals surface area contributed by atoms with E-state index in [0.717, 1.165) is 6.07 Å². The van der Waals surface area contributed by atoms with Crippen LogP contribution in [0.15, 0.2) is 18.2 Å². The van der Waals surface area contributed by atoms with Gasteiger partial charge in [-0.25, -0.2) is 9.37 Å². The second kappa shape index (κ2) is 4.12. The molecule has 2 rings (SSSR count). The third-order valence-electron chi connectivity index (χ3n) is 2.71. The molecule has 1 aromatic heterocycles. The lowest BCUT2D eigenvalue weighted by molar-refractivity contribution is -0.141. The van der Waals surface area contributed by atoms with E-state index in [1.54, 1.807) is 0 Å². The zero-order valence-corrected chi connectivity index (χ0v) is 9.69. The van der Waals surface area contributed by atoms with Crippen molar-refractivity contribution in [2.24, 2.45) is 0 Å². The fourth-order valence-corrected chi connectivity index (χ4v) is 1.93. The van der Waals surface area contributed by atoms with Crippen LogP contribution in [0.1, 0.15) is 11.3 Å². The molecule has 0 aliphatic carbocycles. The molecule has 0 unspecified atom stereocenters. The van der Waals surface area contributed by atoms with Gasteiger partial charge in [-0.2, -0.15) is 13.2 Å². The van der Waals surface area contributed by atoms with E-state index in [9.17, 15) is 17.6 Å². The third-order valence-corrected chi connectivity index (χ3v) is 2.71. The van der Waals surface area contributed by atoms with Crippen LogP contribution in [0.3, 0.4) is 0 Å². The Bertz CT molecular complexity index is 605. The molecule has 1 N–H and O–H groups in total. The van der Waals surface area contributed by atoms with Crippen molar-refractivity contribution in [1.29, 1.82) is 0 Å². The van der Waals surface area contributed by atoms with E-state index in [4.69, 9.17) is 0 Å². The maximum absolute atomic E-state index is 13.1. The van der Waals surface area contributed by atoms with E-state index < -0.39 is 17.7 Å². The maximum Gasteiger partial charge on any atom is 0.433 e. The number of anilines is 1. The van der Waals surface area contributed by atoms with Gasteiger partial charge in [0.15, 0.2) is 0 Å². The first-order valence-corrected chi connectivity index (χ1v) is 5.19. The van der Waals surface area contributed by atoms with E-state index in [0.29, 0.717) is 5.39 Å². The molecule has 0 bridgehead atoms. The minimum atomic E-state index is -4.53. The molecular weight excluding hydrogens is 248 g/mol. The Labute approximate surface area is 101 Å². The topological polar surface area (TPSA) is 24.9 Å². The Hall–Kier alpha value is -1.85. The Morgan fingerprint density at radius 2 is 1.89 bits per heavy atom. The monoisotopic (exact) mass is 258 g/mol. The smallest absolute Gasteiger partial charge is 0.387 e. The molecule has 2 nitrogen and oxygen atoms in total. The predicted octanol–water partition coefficient (Wildman–Crippen LogP) is 3.74. The molecule has 0 atom stereocenters. The number of rotatable bonds is 1. The summed E-state index contributed by atoms with van der Waals surface area (Å²) in [4.78, 5) is 3.56. The van der Waals surface area contributed by atoms with E-state index >= 15 is 0 Å². The van der Waals surface area contributed by atoms with Crippen molar-refractivity contribution in [3.8, 4) is 0 Å². The number of pyridine rings is 1. The normalized spacial score (nSPS) is 11.9. The molecule has 0 amide bonds. The summed E-state index contributed by atoms with van der Waals surface area (Å²) in [7, 11) is 1.49. The van der Waals surface area contributed by atoms with E-state index in [1.165, 1.54) is 26.1 Å². The largest absolute Gasteiger partial charge is 0.433 e. The zero-order chi connectivity index (χ0) is 13.5. The highest BCUT2D eigenvalue weighted by Crippen LogP contribution is 2.36. The third kappa shape index (κ3) is 1.98. The van der Waals surface area contributed by atoms with Crippen molar-refractivity contribution < 1.29 is 17.6 Å². The van der Waals surface area contributed by atoms with Gasteiger partial charge in [0.1, 0.15) is 11.5 Å². The van der Waals surface area contributed by atoms with Crippen LogP contribution in [-0.4, -0.2) is 12.0 Å². The number of hydrogen-bond donors (Lipinski definition) is 1. The van der Waals surface area contributed by atoms with Crippen LogP contribution in [0.4, 0.5) is 23.2 Å². The van der Waals surface area contributed by atoms with Crippen LogP contribution >= 0.6 is 0 Å². The lowest BCUT2D eigenvalue weighted by Crippen LogP contribution is -2.12. The lowest BCUT2D eigenvalue weighted by atomic mass is 10.1. The van der Waals surface area contributed by atoms with Crippen LogP contribution in [0.2, 0.25) is 0 Å². The van der Waals surface area contributed by atoms with Crippen LogP contribution in [0.25, 0.3) is 10.9 Å². The molecule has 1 aromatic carbocycles. The summed E-state index contributed by atoms with van der Waals surface area (Å²) in [6.45, 7) is 1.31. The fraction of sp³-hybridized carbons (Fsp3) is 0.250. The van der Waals surface area contributed by atoms with Gasteiger partial charge < -0.3 is 5.32 Å². The molecule has 0 radical (unpaired) electrons. The minimum Gasteiger partial charge on any atom is -0.387 e. The minimum absolute atomic E-state index is 0.0388. The molecule has 0 saturated heterocycles. The highest BCUT2D eigenvalue weighted by atomic mass is 19.4. The number of fused-ring (bicyclic) bond motifs is 1. The number of alkyl halides is 3. The van der Waals surface area contributed by atoms with Crippen molar-refractivity contribution in [3.05, 3.63) is 35.3 Å². The molecule has 1 heterocycles. The Kier molecular flexibility index (Phi) is 2.88. The Morgan fingerprint density at radius 3 is 2.44 bits per heavy atom. The summed E-state index contributed by atoms with van der Waals surface area (Å²) in [6.07, 6.45) is -4.53. The molecular formula is C12H10F4N2. The van der Waals surface area contributed by atoms with Crippen LogP contribution in [-0.2, 0) is 6.18 Å². The summed E-state index contributed by atoms with van der Waals surface area (Å²) in [5.41, 5.74) is -0.639. The Balaban J connectivity index is 2.87. The van der Waals surface area contributed by atoms with Crippen molar-refractivity contribution in [2.75, 3.05) is 12.4 Å². The number of halogens is 4. The highest BCUT2D eigenvalue weighted by Gasteiger charge is 2.35. The molecule has 0 spiro atoms. The number of nitrogens with one attached hydrogen (secondary N) is 1.